The van der Waals surface area contributed by atoms with Gasteiger partial charge in [0, 0.05) is 4.47 Å². The lowest BCUT2D eigenvalue weighted by Crippen LogP contribution is -2.22. The number of halogens is 1. The molecule has 1 fully saturated rings. The second kappa shape index (κ2) is 5.54. The molecule has 0 spiro atoms. The van der Waals surface area contributed by atoms with Crippen molar-refractivity contribution < 1.29 is 4.74 Å². The normalized spacial score (nSPS) is 16.8. The molecule has 1 aliphatic rings. The highest BCUT2D eigenvalue weighted by molar-refractivity contribution is 9.10. The molecule has 0 aromatic heterocycles. The van der Waals surface area contributed by atoms with Crippen LogP contribution < -0.4 is 10.5 Å². The lowest BCUT2D eigenvalue weighted by molar-refractivity contribution is 0.154. The van der Waals surface area contributed by atoms with Crippen molar-refractivity contribution in [2.75, 3.05) is 0 Å². The Morgan fingerprint density at radius 1 is 1.29 bits per heavy atom. The molecule has 92 valence electrons. The van der Waals surface area contributed by atoms with Crippen LogP contribution in [-0.2, 0) is 0 Å². The molecule has 0 atom stereocenters. The maximum atomic E-state index is 7.60. The van der Waals surface area contributed by atoms with E-state index in [4.69, 9.17) is 15.9 Å². The van der Waals surface area contributed by atoms with Crippen molar-refractivity contribution >= 4 is 21.8 Å². The van der Waals surface area contributed by atoms with Crippen molar-refractivity contribution in [2.24, 2.45) is 5.73 Å². The van der Waals surface area contributed by atoms with Crippen molar-refractivity contribution in [1.82, 2.24) is 0 Å². The molecular weight excluding hydrogens is 280 g/mol. The van der Waals surface area contributed by atoms with Crippen LogP contribution in [0, 0.1) is 5.41 Å². The lowest BCUT2D eigenvalue weighted by Gasteiger charge is -2.24. The summed E-state index contributed by atoms with van der Waals surface area (Å²) in [7, 11) is 0. The third-order valence-electron chi connectivity index (χ3n) is 3.09. The van der Waals surface area contributed by atoms with Gasteiger partial charge in [-0.1, -0.05) is 12.5 Å². The monoisotopic (exact) mass is 296 g/mol. The van der Waals surface area contributed by atoms with Gasteiger partial charge >= 0.3 is 0 Å². The van der Waals surface area contributed by atoms with Gasteiger partial charge in [-0.15, -0.1) is 0 Å². The molecule has 0 saturated heterocycles. The predicted molar refractivity (Wildman–Crippen MR) is 72.7 cm³/mol. The summed E-state index contributed by atoms with van der Waals surface area (Å²) in [6.45, 7) is 0. The van der Waals surface area contributed by atoms with E-state index in [9.17, 15) is 0 Å². The Morgan fingerprint density at radius 2 is 2.00 bits per heavy atom. The van der Waals surface area contributed by atoms with Crippen LogP contribution in [0.25, 0.3) is 0 Å². The summed E-state index contributed by atoms with van der Waals surface area (Å²) in [6.07, 6.45) is 6.24. The second-order valence-electron chi connectivity index (χ2n) is 4.40. The van der Waals surface area contributed by atoms with Crippen LogP contribution in [0.2, 0.25) is 0 Å². The molecule has 1 aromatic carbocycles. The van der Waals surface area contributed by atoms with Crippen LogP contribution >= 0.6 is 15.9 Å². The molecule has 0 heterocycles. The van der Waals surface area contributed by atoms with Crippen molar-refractivity contribution in [3.63, 3.8) is 0 Å². The molecule has 3 N–H and O–H groups in total. The Balaban J connectivity index is 2.19. The van der Waals surface area contributed by atoms with E-state index < -0.39 is 0 Å². The van der Waals surface area contributed by atoms with Gasteiger partial charge in [-0.05, 0) is 53.7 Å². The van der Waals surface area contributed by atoms with Crippen LogP contribution in [0.4, 0.5) is 0 Å². The van der Waals surface area contributed by atoms with Crippen LogP contribution in [-0.4, -0.2) is 11.9 Å². The number of hydrogen-bond acceptors (Lipinski definition) is 2. The molecule has 3 nitrogen and oxygen atoms in total. The van der Waals surface area contributed by atoms with Gasteiger partial charge in [0.25, 0.3) is 0 Å². The Morgan fingerprint density at radius 3 is 2.65 bits per heavy atom. The molecule has 1 aliphatic carbocycles. The highest BCUT2D eigenvalue weighted by atomic mass is 79.9. The van der Waals surface area contributed by atoms with Gasteiger partial charge in [0.2, 0.25) is 0 Å². The Bertz CT molecular complexity index is 414. The number of ether oxygens (including phenoxy) is 1. The average molecular weight is 297 g/mol. The van der Waals surface area contributed by atoms with E-state index in [-0.39, 0.29) is 11.9 Å². The number of hydrogen-bond donors (Lipinski definition) is 2. The van der Waals surface area contributed by atoms with Gasteiger partial charge in [-0.3, -0.25) is 5.41 Å². The number of rotatable bonds is 3. The number of nitrogen functional groups attached to an aromatic ring is 1. The Kier molecular flexibility index (Phi) is 4.05. The molecule has 0 radical (unpaired) electrons. The fraction of sp³-hybridized carbons (Fsp3) is 0.462. The molecule has 17 heavy (non-hydrogen) atoms. The molecule has 4 heteroatoms. The summed E-state index contributed by atoms with van der Waals surface area (Å²) in [6, 6.07) is 5.68. The first kappa shape index (κ1) is 12.4. The van der Waals surface area contributed by atoms with E-state index >= 15 is 0 Å². The molecule has 2 rings (SSSR count). The van der Waals surface area contributed by atoms with Crippen molar-refractivity contribution in [2.45, 2.75) is 38.2 Å². The SMILES string of the molecule is N=C(N)c1c(Br)cccc1OC1CCCCC1. The highest BCUT2D eigenvalue weighted by Gasteiger charge is 2.18. The van der Waals surface area contributed by atoms with Gasteiger partial charge in [0.15, 0.2) is 0 Å². The van der Waals surface area contributed by atoms with E-state index in [1.165, 1.54) is 19.3 Å². The minimum absolute atomic E-state index is 0.0447. The maximum Gasteiger partial charge on any atom is 0.131 e. The second-order valence-corrected chi connectivity index (χ2v) is 5.26. The van der Waals surface area contributed by atoms with E-state index in [2.05, 4.69) is 15.9 Å². The number of nitrogens with one attached hydrogen (secondary N) is 1. The number of benzene rings is 1. The first-order valence-corrected chi connectivity index (χ1v) is 6.77. The smallest absolute Gasteiger partial charge is 0.131 e. The fourth-order valence-electron chi connectivity index (χ4n) is 2.23. The Hall–Kier alpha value is -1.03. The van der Waals surface area contributed by atoms with E-state index in [1.54, 1.807) is 0 Å². The van der Waals surface area contributed by atoms with Gasteiger partial charge in [0.1, 0.15) is 11.6 Å². The maximum absolute atomic E-state index is 7.60. The number of amidine groups is 1. The van der Waals surface area contributed by atoms with Crippen LogP contribution in [0.3, 0.4) is 0 Å². The minimum Gasteiger partial charge on any atom is -0.490 e. The molecule has 1 saturated carbocycles. The zero-order valence-electron chi connectivity index (χ0n) is 9.71. The summed E-state index contributed by atoms with van der Waals surface area (Å²) in [5.74, 6) is 0.766. The minimum atomic E-state index is 0.0447. The largest absolute Gasteiger partial charge is 0.490 e. The molecule has 0 aliphatic heterocycles. The topological polar surface area (TPSA) is 59.1 Å². The standard InChI is InChI=1S/C13H17BrN2O/c14-10-7-4-8-11(12(10)13(15)16)17-9-5-2-1-3-6-9/h4,7-9H,1-3,5-6H2,(H3,15,16). The summed E-state index contributed by atoms with van der Waals surface area (Å²) in [5, 5.41) is 7.60. The molecule has 0 unspecified atom stereocenters. The third-order valence-corrected chi connectivity index (χ3v) is 3.75. The van der Waals surface area contributed by atoms with Crippen molar-refractivity contribution in [1.29, 1.82) is 5.41 Å². The molecule has 0 amide bonds. The quantitative estimate of drug-likeness (QED) is 0.663. The fourth-order valence-corrected chi connectivity index (χ4v) is 2.79. The highest BCUT2D eigenvalue weighted by Crippen LogP contribution is 2.30. The third kappa shape index (κ3) is 3.00. The van der Waals surface area contributed by atoms with Gasteiger partial charge in [-0.2, -0.15) is 0 Å². The lowest BCUT2D eigenvalue weighted by atomic mass is 9.97. The number of nitrogens with two attached hydrogens (primary N) is 1. The van der Waals surface area contributed by atoms with Crippen molar-refractivity contribution in [3.8, 4) is 5.75 Å². The first-order chi connectivity index (χ1) is 8.18. The van der Waals surface area contributed by atoms with Crippen LogP contribution in [0.1, 0.15) is 37.7 Å². The van der Waals surface area contributed by atoms with Gasteiger partial charge < -0.3 is 10.5 Å². The predicted octanol–water partition coefficient (Wildman–Crippen LogP) is 3.44. The summed E-state index contributed by atoms with van der Waals surface area (Å²) in [4.78, 5) is 0. The first-order valence-electron chi connectivity index (χ1n) is 5.98. The van der Waals surface area contributed by atoms with E-state index in [0.29, 0.717) is 5.56 Å². The zero-order chi connectivity index (χ0) is 12.3. The average Bonchev–Trinajstić information content (AvgIpc) is 2.30. The van der Waals surface area contributed by atoms with E-state index in [1.807, 2.05) is 18.2 Å². The van der Waals surface area contributed by atoms with Gasteiger partial charge in [-0.25, -0.2) is 0 Å². The molecule has 0 bridgehead atoms. The molecule has 1 aromatic rings. The summed E-state index contributed by atoms with van der Waals surface area (Å²) < 4.78 is 6.80. The van der Waals surface area contributed by atoms with E-state index in [0.717, 1.165) is 23.1 Å². The van der Waals surface area contributed by atoms with Gasteiger partial charge in [0.05, 0.1) is 11.7 Å². The zero-order valence-corrected chi connectivity index (χ0v) is 11.3. The Labute approximate surface area is 110 Å². The summed E-state index contributed by atoms with van der Waals surface area (Å²) >= 11 is 3.41. The summed E-state index contributed by atoms with van der Waals surface area (Å²) in [5.41, 5.74) is 6.26. The molecular formula is C13H17BrN2O. The van der Waals surface area contributed by atoms with Crippen LogP contribution in [0.15, 0.2) is 22.7 Å². The van der Waals surface area contributed by atoms with Crippen LogP contribution in [0.5, 0.6) is 5.75 Å². The van der Waals surface area contributed by atoms with Crippen molar-refractivity contribution in [3.05, 3.63) is 28.2 Å².